The molecule has 0 bridgehead atoms. The molecule has 122 valence electrons. The number of benzene rings is 1. The van der Waals surface area contributed by atoms with Crippen LogP contribution in [0.25, 0.3) is 0 Å². The Labute approximate surface area is 132 Å². The van der Waals surface area contributed by atoms with E-state index in [0.717, 1.165) is 24.8 Å². The van der Waals surface area contributed by atoms with Gasteiger partial charge >= 0.3 is 0 Å². The third-order valence-electron chi connectivity index (χ3n) is 4.10. The van der Waals surface area contributed by atoms with E-state index < -0.39 is 10.0 Å². The molecule has 1 fully saturated rings. The number of amides is 1. The maximum absolute atomic E-state index is 11.8. The molecule has 0 saturated heterocycles. The highest BCUT2D eigenvalue weighted by Crippen LogP contribution is 2.25. The SMILES string of the molecule is CS(=O)(=O)N(CCNC(=O)C1CCC1)CCc1ccccc1. The minimum absolute atomic E-state index is 0.0581. The van der Waals surface area contributed by atoms with Crippen molar-refractivity contribution >= 4 is 15.9 Å². The van der Waals surface area contributed by atoms with E-state index in [4.69, 9.17) is 0 Å². The zero-order valence-electron chi connectivity index (χ0n) is 13.0. The van der Waals surface area contributed by atoms with Gasteiger partial charge in [-0.15, -0.1) is 0 Å². The average Bonchev–Trinajstić information content (AvgIpc) is 2.40. The first-order valence-electron chi connectivity index (χ1n) is 7.73. The van der Waals surface area contributed by atoms with E-state index in [1.807, 2.05) is 30.3 Å². The lowest BCUT2D eigenvalue weighted by molar-refractivity contribution is -0.127. The minimum atomic E-state index is -3.26. The third kappa shape index (κ3) is 5.10. The molecule has 1 amide bonds. The number of rotatable bonds is 8. The summed E-state index contributed by atoms with van der Waals surface area (Å²) in [4.78, 5) is 11.8. The van der Waals surface area contributed by atoms with E-state index in [-0.39, 0.29) is 11.8 Å². The molecule has 22 heavy (non-hydrogen) atoms. The zero-order chi connectivity index (χ0) is 16.0. The summed E-state index contributed by atoms with van der Waals surface area (Å²) in [5.74, 6) is 0.193. The van der Waals surface area contributed by atoms with Gasteiger partial charge < -0.3 is 5.32 Å². The summed E-state index contributed by atoms with van der Waals surface area (Å²) < 4.78 is 25.1. The standard InChI is InChI=1S/C16H24N2O3S/c1-22(20,21)18(12-10-14-6-3-2-4-7-14)13-11-17-16(19)15-8-5-9-15/h2-4,6-7,15H,5,8-13H2,1H3,(H,17,19). The molecule has 6 heteroatoms. The van der Waals surface area contributed by atoms with Gasteiger partial charge in [-0.1, -0.05) is 36.8 Å². The molecular formula is C16H24N2O3S. The van der Waals surface area contributed by atoms with Crippen LogP contribution in [-0.2, 0) is 21.2 Å². The fraction of sp³-hybridized carbons (Fsp3) is 0.562. The van der Waals surface area contributed by atoms with Crippen molar-refractivity contribution in [2.75, 3.05) is 25.9 Å². The quantitative estimate of drug-likeness (QED) is 0.786. The lowest BCUT2D eigenvalue weighted by Gasteiger charge is -2.25. The molecule has 0 aliphatic heterocycles. The number of hydrogen-bond donors (Lipinski definition) is 1. The van der Waals surface area contributed by atoms with Crippen LogP contribution in [-0.4, -0.2) is 44.5 Å². The molecule has 1 saturated carbocycles. The number of sulfonamides is 1. The first-order chi connectivity index (χ1) is 10.5. The average molecular weight is 324 g/mol. The zero-order valence-corrected chi connectivity index (χ0v) is 13.8. The van der Waals surface area contributed by atoms with Gasteiger partial charge in [0.2, 0.25) is 15.9 Å². The normalized spacial score (nSPS) is 15.5. The fourth-order valence-corrected chi connectivity index (χ4v) is 3.31. The molecule has 1 aliphatic rings. The van der Waals surface area contributed by atoms with E-state index >= 15 is 0 Å². The van der Waals surface area contributed by atoms with E-state index in [1.165, 1.54) is 10.6 Å². The predicted octanol–water partition coefficient (Wildman–Crippen LogP) is 1.41. The highest BCUT2D eigenvalue weighted by molar-refractivity contribution is 7.88. The smallest absolute Gasteiger partial charge is 0.223 e. The number of nitrogens with zero attached hydrogens (tertiary/aromatic N) is 1. The largest absolute Gasteiger partial charge is 0.355 e. The van der Waals surface area contributed by atoms with Crippen LogP contribution < -0.4 is 5.32 Å². The maximum Gasteiger partial charge on any atom is 0.223 e. The molecule has 1 aliphatic carbocycles. The Bertz CT molecular complexity index is 583. The molecule has 0 radical (unpaired) electrons. The molecule has 0 unspecified atom stereocenters. The van der Waals surface area contributed by atoms with Crippen LogP contribution in [0.15, 0.2) is 30.3 Å². The van der Waals surface area contributed by atoms with Crippen LogP contribution >= 0.6 is 0 Å². The number of nitrogens with one attached hydrogen (secondary N) is 1. The summed E-state index contributed by atoms with van der Waals surface area (Å²) in [6, 6.07) is 9.80. The van der Waals surface area contributed by atoms with Crippen molar-refractivity contribution in [1.82, 2.24) is 9.62 Å². The molecule has 0 spiro atoms. The van der Waals surface area contributed by atoms with Crippen LogP contribution in [0.4, 0.5) is 0 Å². The first-order valence-corrected chi connectivity index (χ1v) is 9.58. The van der Waals surface area contributed by atoms with Crippen molar-refractivity contribution in [2.24, 2.45) is 5.92 Å². The van der Waals surface area contributed by atoms with Crippen LogP contribution in [0.3, 0.4) is 0 Å². The van der Waals surface area contributed by atoms with Gasteiger partial charge in [-0.2, -0.15) is 0 Å². The molecule has 2 rings (SSSR count). The summed E-state index contributed by atoms with van der Waals surface area (Å²) in [7, 11) is -3.26. The monoisotopic (exact) mass is 324 g/mol. The minimum Gasteiger partial charge on any atom is -0.355 e. The molecule has 1 N–H and O–H groups in total. The van der Waals surface area contributed by atoms with Crippen LogP contribution in [0.5, 0.6) is 0 Å². The second kappa shape index (κ2) is 7.74. The van der Waals surface area contributed by atoms with Gasteiger partial charge in [0.25, 0.3) is 0 Å². The highest BCUT2D eigenvalue weighted by Gasteiger charge is 2.25. The fourth-order valence-electron chi connectivity index (χ4n) is 2.46. The van der Waals surface area contributed by atoms with Crippen molar-refractivity contribution < 1.29 is 13.2 Å². The Hall–Kier alpha value is -1.40. The maximum atomic E-state index is 11.8. The van der Waals surface area contributed by atoms with E-state index in [1.54, 1.807) is 0 Å². The second-order valence-electron chi connectivity index (χ2n) is 5.82. The van der Waals surface area contributed by atoms with E-state index in [2.05, 4.69) is 5.32 Å². The topological polar surface area (TPSA) is 66.5 Å². The van der Waals surface area contributed by atoms with E-state index in [9.17, 15) is 13.2 Å². The Morgan fingerprint density at radius 2 is 1.91 bits per heavy atom. The lowest BCUT2D eigenvalue weighted by atomic mass is 9.85. The van der Waals surface area contributed by atoms with Crippen molar-refractivity contribution in [3.05, 3.63) is 35.9 Å². The van der Waals surface area contributed by atoms with E-state index in [0.29, 0.717) is 26.1 Å². The van der Waals surface area contributed by atoms with Gasteiger partial charge in [0.1, 0.15) is 0 Å². The van der Waals surface area contributed by atoms with Crippen LogP contribution in [0, 0.1) is 5.92 Å². The summed E-state index contributed by atoms with van der Waals surface area (Å²) in [5.41, 5.74) is 1.11. The van der Waals surface area contributed by atoms with Crippen LogP contribution in [0.2, 0.25) is 0 Å². The van der Waals surface area contributed by atoms with Crippen molar-refractivity contribution in [3.8, 4) is 0 Å². The van der Waals surface area contributed by atoms with Crippen LogP contribution in [0.1, 0.15) is 24.8 Å². The van der Waals surface area contributed by atoms with Crippen molar-refractivity contribution in [2.45, 2.75) is 25.7 Å². The lowest BCUT2D eigenvalue weighted by Crippen LogP contribution is -2.41. The Kier molecular flexibility index (Phi) is 5.97. The van der Waals surface area contributed by atoms with Gasteiger partial charge in [-0.3, -0.25) is 4.79 Å². The van der Waals surface area contributed by atoms with Gasteiger partial charge in [-0.05, 0) is 24.8 Å². The van der Waals surface area contributed by atoms with Gasteiger partial charge in [0.15, 0.2) is 0 Å². The molecule has 0 heterocycles. The molecule has 1 aromatic rings. The number of hydrogen-bond acceptors (Lipinski definition) is 3. The Balaban J connectivity index is 1.80. The number of carbonyl (C=O) groups excluding carboxylic acids is 1. The number of carbonyl (C=O) groups is 1. The predicted molar refractivity (Wildman–Crippen MR) is 86.9 cm³/mol. The molecule has 0 atom stereocenters. The second-order valence-corrected chi connectivity index (χ2v) is 7.80. The summed E-state index contributed by atoms with van der Waals surface area (Å²) in [5, 5.41) is 2.84. The Morgan fingerprint density at radius 1 is 1.23 bits per heavy atom. The van der Waals surface area contributed by atoms with Gasteiger partial charge in [-0.25, -0.2) is 12.7 Å². The Morgan fingerprint density at radius 3 is 2.45 bits per heavy atom. The van der Waals surface area contributed by atoms with Gasteiger partial charge in [0.05, 0.1) is 6.26 Å². The summed E-state index contributed by atoms with van der Waals surface area (Å²) in [6.45, 7) is 1.13. The molecule has 5 nitrogen and oxygen atoms in total. The van der Waals surface area contributed by atoms with Crippen molar-refractivity contribution in [3.63, 3.8) is 0 Å². The summed E-state index contributed by atoms with van der Waals surface area (Å²) >= 11 is 0. The van der Waals surface area contributed by atoms with Crippen molar-refractivity contribution in [1.29, 1.82) is 0 Å². The third-order valence-corrected chi connectivity index (χ3v) is 5.40. The highest BCUT2D eigenvalue weighted by atomic mass is 32.2. The molecule has 1 aromatic carbocycles. The molecule has 0 aromatic heterocycles. The summed E-state index contributed by atoms with van der Waals surface area (Å²) in [6.07, 6.45) is 4.91. The first kappa shape index (κ1) is 17.0. The van der Waals surface area contributed by atoms with Gasteiger partial charge in [0, 0.05) is 25.6 Å². The molecular weight excluding hydrogens is 300 g/mol.